The van der Waals surface area contributed by atoms with Gasteiger partial charge in [0.1, 0.15) is 18.1 Å². The van der Waals surface area contributed by atoms with Crippen molar-refractivity contribution in [2.45, 2.75) is 39.7 Å². The molecule has 0 saturated carbocycles. The Kier molecular flexibility index (Phi) is 6.87. The van der Waals surface area contributed by atoms with Crippen molar-refractivity contribution in [2.24, 2.45) is 0 Å². The van der Waals surface area contributed by atoms with Crippen LogP contribution in [0.3, 0.4) is 0 Å². The first kappa shape index (κ1) is 18.8. The third kappa shape index (κ3) is 5.82. The Hall–Kier alpha value is -2.49. The Balaban J connectivity index is 1.79. The first-order valence-corrected chi connectivity index (χ1v) is 8.67. The van der Waals surface area contributed by atoms with E-state index in [9.17, 15) is 4.79 Å². The van der Waals surface area contributed by atoms with Gasteiger partial charge in [-0.2, -0.15) is 0 Å². The lowest BCUT2D eigenvalue weighted by Crippen LogP contribution is -2.39. The number of hydrogen-bond acceptors (Lipinski definition) is 3. The topological polar surface area (TPSA) is 47.6 Å². The predicted octanol–water partition coefficient (Wildman–Crippen LogP) is 4.08. The molecular formula is C21H27NO3. The van der Waals surface area contributed by atoms with Crippen molar-refractivity contribution in [1.82, 2.24) is 5.32 Å². The molecule has 1 N–H and O–H groups in total. The zero-order chi connectivity index (χ0) is 18.2. The maximum absolute atomic E-state index is 12.1. The molecule has 0 aliphatic heterocycles. The van der Waals surface area contributed by atoms with Gasteiger partial charge in [-0.1, -0.05) is 50.2 Å². The molecular weight excluding hydrogens is 314 g/mol. The molecule has 4 nitrogen and oxygen atoms in total. The summed E-state index contributed by atoms with van der Waals surface area (Å²) in [6, 6.07) is 15.5. The molecule has 1 amide bonds. The third-order valence-corrected chi connectivity index (χ3v) is 3.89. The van der Waals surface area contributed by atoms with Gasteiger partial charge in [0.2, 0.25) is 0 Å². The Bertz CT molecular complexity index is 697. The van der Waals surface area contributed by atoms with Gasteiger partial charge in [-0.25, -0.2) is 0 Å². The highest BCUT2D eigenvalue weighted by molar-refractivity contribution is 5.77. The molecule has 0 spiro atoms. The predicted molar refractivity (Wildman–Crippen MR) is 100 cm³/mol. The molecule has 0 fully saturated rings. The van der Waals surface area contributed by atoms with Crippen LogP contribution in [-0.2, 0) is 4.79 Å². The highest BCUT2D eigenvalue weighted by Crippen LogP contribution is 2.25. The van der Waals surface area contributed by atoms with Gasteiger partial charge >= 0.3 is 0 Å². The number of carbonyl (C=O) groups is 1. The molecule has 2 aromatic carbocycles. The summed E-state index contributed by atoms with van der Waals surface area (Å²) in [7, 11) is 0. The lowest BCUT2D eigenvalue weighted by Gasteiger charge is -2.17. The number of amides is 1. The highest BCUT2D eigenvalue weighted by atomic mass is 16.5. The van der Waals surface area contributed by atoms with E-state index >= 15 is 0 Å². The summed E-state index contributed by atoms with van der Waals surface area (Å²) in [6.07, 6.45) is 0. The number of hydrogen-bond donors (Lipinski definition) is 1. The summed E-state index contributed by atoms with van der Waals surface area (Å²) in [5.41, 5.74) is 2.18. The number of benzene rings is 2. The van der Waals surface area contributed by atoms with Crippen LogP contribution in [-0.4, -0.2) is 25.2 Å². The molecule has 0 saturated heterocycles. The van der Waals surface area contributed by atoms with Crippen LogP contribution in [0.15, 0.2) is 48.5 Å². The molecule has 1 atom stereocenters. The Morgan fingerprint density at radius 1 is 0.960 bits per heavy atom. The fraction of sp³-hybridized carbons (Fsp3) is 0.381. The second-order valence-electron chi connectivity index (χ2n) is 6.53. The minimum atomic E-state index is -0.153. The average molecular weight is 341 g/mol. The van der Waals surface area contributed by atoms with Crippen molar-refractivity contribution in [1.29, 1.82) is 0 Å². The van der Waals surface area contributed by atoms with Gasteiger partial charge in [0.25, 0.3) is 5.91 Å². The van der Waals surface area contributed by atoms with E-state index in [0.29, 0.717) is 12.5 Å². The number of aryl methyl sites for hydroxylation is 1. The van der Waals surface area contributed by atoms with Crippen LogP contribution in [0.2, 0.25) is 0 Å². The molecule has 0 bridgehead atoms. The van der Waals surface area contributed by atoms with Crippen LogP contribution < -0.4 is 14.8 Å². The largest absolute Gasteiger partial charge is 0.491 e. The summed E-state index contributed by atoms with van der Waals surface area (Å²) in [4.78, 5) is 12.1. The second-order valence-corrected chi connectivity index (χ2v) is 6.53. The average Bonchev–Trinajstić information content (AvgIpc) is 2.59. The van der Waals surface area contributed by atoms with Crippen LogP contribution in [0, 0.1) is 6.92 Å². The molecule has 0 aliphatic carbocycles. The number of para-hydroxylation sites is 2. The molecule has 0 aliphatic rings. The van der Waals surface area contributed by atoms with E-state index in [2.05, 4.69) is 19.2 Å². The summed E-state index contributed by atoms with van der Waals surface area (Å²) in [5, 5.41) is 2.90. The normalized spacial score (nSPS) is 11.9. The van der Waals surface area contributed by atoms with Crippen LogP contribution in [0.5, 0.6) is 11.5 Å². The third-order valence-electron chi connectivity index (χ3n) is 3.89. The summed E-state index contributed by atoms with van der Waals surface area (Å²) in [5.74, 6) is 1.79. The Morgan fingerprint density at radius 3 is 2.28 bits per heavy atom. The van der Waals surface area contributed by atoms with Crippen LogP contribution >= 0.6 is 0 Å². The maximum atomic E-state index is 12.1. The molecule has 25 heavy (non-hydrogen) atoms. The Morgan fingerprint density at radius 2 is 1.60 bits per heavy atom. The van der Waals surface area contributed by atoms with Gasteiger partial charge in [0.05, 0.1) is 6.04 Å². The fourth-order valence-electron chi connectivity index (χ4n) is 2.52. The van der Waals surface area contributed by atoms with Gasteiger partial charge in [0.15, 0.2) is 6.61 Å². The van der Waals surface area contributed by atoms with Crippen molar-refractivity contribution in [3.8, 4) is 11.5 Å². The molecule has 0 aromatic heterocycles. The molecule has 2 aromatic rings. The van der Waals surface area contributed by atoms with Crippen LogP contribution in [0.25, 0.3) is 0 Å². The minimum Gasteiger partial charge on any atom is -0.491 e. The first-order valence-electron chi connectivity index (χ1n) is 8.67. The molecule has 0 unspecified atom stereocenters. The molecule has 2 rings (SSSR count). The molecule has 0 heterocycles. The van der Waals surface area contributed by atoms with Gasteiger partial charge in [-0.05, 0) is 43.0 Å². The minimum absolute atomic E-state index is 0.00155. The number of ether oxygens (including phenoxy) is 2. The van der Waals surface area contributed by atoms with Crippen LogP contribution in [0.4, 0.5) is 0 Å². The molecule has 134 valence electrons. The van der Waals surface area contributed by atoms with E-state index in [4.69, 9.17) is 9.47 Å². The molecule has 0 radical (unpaired) electrons. The quantitative estimate of drug-likeness (QED) is 0.787. The van der Waals surface area contributed by atoms with E-state index in [1.54, 1.807) is 0 Å². The second kappa shape index (κ2) is 9.11. The SMILES string of the molecule is Cc1ccccc1OC[C@H](C)NC(=O)COc1ccccc1C(C)C. The van der Waals surface area contributed by atoms with E-state index in [1.165, 1.54) is 0 Å². The van der Waals surface area contributed by atoms with Crippen molar-refractivity contribution >= 4 is 5.91 Å². The number of nitrogens with one attached hydrogen (secondary N) is 1. The monoisotopic (exact) mass is 341 g/mol. The first-order chi connectivity index (χ1) is 12.0. The van der Waals surface area contributed by atoms with Crippen molar-refractivity contribution < 1.29 is 14.3 Å². The fourth-order valence-corrected chi connectivity index (χ4v) is 2.52. The van der Waals surface area contributed by atoms with Crippen LogP contribution in [0.1, 0.15) is 37.8 Å². The summed E-state index contributed by atoms with van der Waals surface area (Å²) >= 11 is 0. The number of carbonyl (C=O) groups excluding carboxylic acids is 1. The van der Waals surface area contributed by atoms with E-state index < -0.39 is 0 Å². The van der Waals surface area contributed by atoms with Crippen molar-refractivity contribution in [2.75, 3.05) is 13.2 Å². The standard InChI is InChI=1S/C21H27NO3/c1-15(2)18-10-6-8-12-20(18)25-14-21(23)22-17(4)13-24-19-11-7-5-9-16(19)3/h5-12,15,17H,13-14H2,1-4H3,(H,22,23)/t17-/m0/s1. The van der Waals surface area contributed by atoms with Gasteiger partial charge in [-0.3, -0.25) is 4.79 Å². The van der Waals surface area contributed by atoms with Gasteiger partial charge in [-0.15, -0.1) is 0 Å². The maximum Gasteiger partial charge on any atom is 0.258 e. The molecule has 4 heteroatoms. The lowest BCUT2D eigenvalue weighted by atomic mass is 10.0. The van der Waals surface area contributed by atoms with E-state index in [0.717, 1.165) is 22.6 Å². The van der Waals surface area contributed by atoms with Gasteiger partial charge in [0, 0.05) is 0 Å². The highest BCUT2D eigenvalue weighted by Gasteiger charge is 2.12. The lowest BCUT2D eigenvalue weighted by molar-refractivity contribution is -0.123. The summed E-state index contributed by atoms with van der Waals surface area (Å²) < 4.78 is 11.4. The zero-order valence-corrected chi connectivity index (χ0v) is 15.4. The number of rotatable bonds is 8. The van der Waals surface area contributed by atoms with E-state index in [1.807, 2.05) is 62.4 Å². The van der Waals surface area contributed by atoms with Crippen molar-refractivity contribution in [3.63, 3.8) is 0 Å². The smallest absolute Gasteiger partial charge is 0.258 e. The summed E-state index contributed by atoms with van der Waals surface area (Å²) in [6.45, 7) is 8.54. The zero-order valence-electron chi connectivity index (χ0n) is 15.4. The van der Waals surface area contributed by atoms with Gasteiger partial charge < -0.3 is 14.8 Å². The Labute approximate surface area is 150 Å². The van der Waals surface area contributed by atoms with E-state index in [-0.39, 0.29) is 18.6 Å². The van der Waals surface area contributed by atoms with Crippen molar-refractivity contribution in [3.05, 3.63) is 59.7 Å².